The first kappa shape index (κ1) is 26.2. The van der Waals surface area contributed by atoms with Crippen molar-refractivity contribution < 1.29 is 0 Å². The highest BCUT2D eigenvalue weighted by atomic mass is 15.1. The van der Waals surface area contributed by atoms with Crippen molar-refractivity contribution in [3.63, 3.8) is 0 Å². The highest BCUT2D eigenvalue weighted by Crippen LogP contribution is 2.48. The third-order valence-electron chi connectivity index (χ3n) is 10.8. The summed E-state index contributed by atoms with van der Waals surface area (Å²) in [7, 11) is 0. The van der Waals surface area contributed by atoms with E-state index in [0.717, 1.165) is 27.8 Å². The molecule has 0 saturated carbocycles. The largest absolute Gasteiger partial charge is 0.307 e. The molecule has 4 aromatic heterocycles. The topological polar surface area (TPSA) is 35.1 Å². The van der Waals surface area contributed by atoms with Gasteiger partial charge in [-0.15, -0.1) is 0 Å². The molecule has 4 heteroatoms. The fourth-order valence-corrected chi connectivity index (χ4v) is 8.66. The second kappa shape index (κ2) is 9.43. The van der Waals surface area contributed by atoms with E-state index in [9.17, 15) is 0 Å². The summed E-state index contributed by atoms with van der Waals surface area (Å²) in [4.78, 5) is 10.6. The van der Waals surface area contributed by atoms with Crippen LogP contribution in [0.3, 0.4) is 0 Å². The van der Waals surface area contributed by atoms with E-state index in [0.29, 0.717) is 5.82 Å². The number of aromatic nitrogens is 4. The second-order valence-corrected chi connectivity index (χ2v) is 13.4. The summed E-state index contributed by atoms with van der Waals surface area (Å²) >= 11 is 0. The molecule has 0 fully saturated rings. The van der Waals surface area contributed by atoms with Gasteiger partial charge in [0, 0.05) is 48.7 Å². The molecule has 4 nitrogen and oxygen atoms in total. The molecule has 0 aliphatic carbocycles. The standard InChI is InChI=1S/C46H26N4/c1-2-13-29-25-30(22-21-27(29)11-1)45-47-38-18-8-5-17-34(38)46(48-45)50-40-20-10-7-16-33(40)37-26-36-32-15-6-9-19-39(32)49-42-31-14-4-3-12-28(31)23-24-35(42)41(43(36)49)44(37)50/h1-26H. The zero-order valence-electron chi connectivity index (χ0n) is 26.8. The van der Waals surface area contributed by atoms with Crippen LogP contribution in [0.1, 0.15) is 0 Å². The Morgan fingerprint density at radius 3 is 1.88 bits per heavy atom. The van der Waals surface area contributed by atoms with Gasteiger partial charge in [0.25, 0.3) is 0 Å². The highest BCUT2D eigenvalue weighted by Gasteiger charge is 2.26. The van der Waals surface area contributed by atoms with Gasteiger partial charge in [0.1, 0.15) is 5.82 Å². The minimum Gasteiger partial charge on any atom is -0.307 e. The van der Waals surface area contributed by atoms with E-state index in [1.165, 1.54) is 75.9 Å². The van der Waals surface area contributed by atoms with Crippen LogP contribution < -0.4 is 0 Å². The molecule has 0 N–H and O–H groups in total. The van der Waals surface area contributed by atoms with E-state index >= 15 is 0 Å². The number of benzene rings is 8. The number of hydrogen-bond donors (Lipinski definition) is 0. The lowest BCUT2D eigenvalue weighted by atomic mass is 10.0. The van der Waals surface area contributed by atoms with Gasteiger partial charge in [-0.2, -0.15) is 0 Å². The van der Waals surface area contributed by atoms with Gasteiger partial charge >= 0.3 is 0 Å². The number of fused-ring (bicyclic) bond motifs is 14. The summed E-state index contributed by atoms with van der Waals surface area (Å²) < 4.78 is 4.93. The molecule has 0 unspecified atom stereocenters. The Morgan fingerprint density at radius 1 is 0.380 bits per heavy atom. The van der Waals surface area contributed by atoms with Crippen LogP contribution in [0.4, 0.5) is 0 Å². The van der Waals surface area contributed by atoms with Gasteiger partial charge in [0.2, 0.25) is 0 Å². The van der Waals surface area contributed by atoms with Crippen molar-refractivity contribution in [2.75, 3.05) is 0 Å². The van der Waals surface area contributed by atoms with Crippen LogP contribution in [0.15, 0.2) is 158 Å². The smallest absolute Gasteiger partial charge is 0.162 e. The van der Waals surface area contributed by atoms with Crippen LogP contribution in [0.5, 0.6) is 0 Å². The molecule has 0 bridgehead atoms. The third kappa shape index (κ3) is 3.30. The van der Waals surface area contributed by atoms with Crippen LogP contribution in [0.2, 0.25) is 0 Å². The molecule has 230 valence electrons. The molecule has 8 aromatic carbocycles. The van der Waals surface area contributed by atoms with Crippen molar-refractivity contribution in [2.24, 2.45) is 0 Å². The van der Waals surface area contributed by atoms with Crippen molar-refractivity contribution >= 4 is 92.3 Å². The molecule has 0 atom stereocenters. The molecule has 4 heterocycles. The van der Waals surface area contributed by atoms with Gasteiger partial charge in [0.15, 0.2) is 5.82 Å². The summed E-state index contributed by atoms with van der Waals surface area (Å²) in [6.45, 7) is 0. The summed E-state index contributed by atoms with van der Waals surface area (Å²) in [5, 5.41) is 13.4. The van der Waals surface area contributed by atoms with Gasteiger partial charge in [-0.3, -0.25) is 4.57 Å². The molecular formula is C46H26N4. The zero-order chi connectivity index (χ0) is 32.5. The van der Waals surface area contributed by atoms with E-state index in [-0.39, 0.29) is 0 Å². The van der Waals surface area contributed by atoms with Crippen LogP contribution in [-0.2, 0) is 0 Å². The zero-order valence-corrected chi connectivity index (χ0v) is 26.8. The van der Waals surface area contributed by atoms with Crippen molar-refractivity contribution in [2.45, 2.75) is 0 Å². The molecule has 0 radical (unpaired) electrons. The predicted molar refractivity (Wildman–Crippen MR) is 209 cm³/mol. The molecule has 50 heavy (non-hydrogen) atoms. The Hall–Kier alpha value is -6.78. The van der Waals surface area contributed by atoms with Gasteiger partial charge in [-0.05, 0) is 52.6 Å². The maximum atomic E-state index is 5.49. The molecule has 0 aliphatic rings. The monoisotopic (exact) mass is 634 g/mol. The van der Waals surface area contributed by atoms with Gasteiger partial charge in [0.05, 0.1) is 33.1 Å². The highest BCUT2D eigenvalue weighted by molar-refractivity contribution is 6.36. The number of rotatable bonds is 2. The average molecular weight is 635 g/mol. The molecule has 12 rings (SSSR count). The Labute approximate surface area is 285 Å². The molecule has 12 aromatic rings. The Morgan fingerprint density at radius 2 is 1.02 bits per heavy atom. The minimum atomic E-state index is 0.716. The molecule has 0 spiro atoms. The molecule has 0 aliphatic heterocycles. The molecule has 0 amide bonds. The summed E-state index contributed by atoms with van der Waals surface area (Å²) in [6.07, 6.45) is 0. The van der Waals surface area contributed by atoms with Crippen molar-refractivity contribution in [3.05, 3.63) is 158 Å². The van der Waals surface area contributed by atoms with E-state index in [4.69, 9.17) is 9.97 Å². The fourth-order valence-electron chi connectivity index (χ4n) is 8.66. The minimum absolute atomic E-state index is 0.716. The lowest BCUT2D eigenvalue weighted by Crippen LogP contribution is -2.03. The van der Waals surface area contributed by atoms with Crippen LogP contribution in [-0.4, -0.2) is 18.9 Å². The summed E-state index contributed by atoms with van der Waals surface area (Å²) in [5.74, 6) is 1.60. The number of para-hydroxylation sites is 3. The normalized spacial score (nSPS) is 12.4. The first-order valence-electron chi connectivity index (χ1n) is 17.1. The molecule has 0 saturated heterocycles. The van der Waals surface area contributed by atoms with Gasteiger partial charge in [-0.1, -0.05) is 121 Å². The van der Waals surface area contributed by atoms with Crippen molar-refractivity contribution in [1.29, 1.82) is 0 Å². The Balaban J connectivity index is 1.32. The van der Waals surface area contributed by atoms with E-state index in [1.807, 2.05) is 0 Å². The van der Waals surface area contributed by atoms with Crippen molar-refractivity contribution in [3.8, 4) is 17.2 Å². The van der Waals surface area contributed by atoms with Crippen LogP contribution in [0.25, 0.3) is 110 Å². The summed E-state index contributed by atoms with van der Waals surface area (Å²) in [5.41, 5.74) is 7.95. The second-order valence-electron chi connectivity index (χ2n) is 13.4. The Kier molecular flexibility index (Phi) is 4.94. The quantitative estimate of drug-likeness (QED) is 0.190. The molecular weight excluding hydrogens is 609 g/mol. The van der Waals surface area contributed by atoms with Crippen molar-refractivity contribution in [1.82, 2.24) is 18.9 Å². The van der Waals surface area contributed by atoms with E-state index in [1.54, 1.807) is 0 Å². The maximum Gasteiger partial charge on any atom is 0.162 e. The maximum absolute atomic E-state index is 5.49. The van der Waals surface area contributed by atoms with Crippen LogP contribution in [0, 0.1) is 0 Å². The first-order chi connectivity index (χ1) is 24.8. The Bertz CT molecular complexity index is 3380. The predicted octanol–water partition coefficient (Wildman–Crippen LogP) is 11.9. The fraction of sp³-hybridized carbons (Fsp3) is 0. The van der Waals surface area contributed by atoms with Crippen LogP contribution >= 0.6 is 0 Å². The van der Waals surface area contributed by atoms with E-state index < -0.39 is 0 Å². The lowest BCUT2D eigenvalue weighted by Gasteiger charge is -2.13. The van der Waals surface area contributed by atoms with Gasteiger partial charge in [-0.25, -0.2) is 9.97 Å². The lowest BCUT2D eigenvalue weighted by molar-refractivity contribution is 1.08. The first-order valence-corrected chi connectivity index (χ1v) is 17.1. The number of nitrogens with zero attached hydrogens (tertiary/aromatic N) is 4. The van der Waals surface area contributed by atoms with Gasteiger partial charge < -0.3 is 4.40 Å². The van der Waals surface area contributed by atoms with E-state index in [2.05, 4.69) is 167 Å². The average Bonchev–Trinajstić information content (AvgIpc) is 3.82. The SMILES string of the molecule is c1ccc2cc(-c3nc(-n4c5ccccc5c5cc6c7ccccc7n7c8c9ccccc9ccc8c(c54)c67)c4ccccc4n3)ccc2c1. The summed E-state index contributed by atoms with van der Waals surface area (Å²) in [6, 6.07) is 56.8. The third-order valence-corrected chi connectivity index (χ3v) is 10.8. The number of hydrogen-bond acceptors (Lipinski definition) is 2.